The molecule has 0 amide bonds. The van der Waals surface area contributed by atoms with Gasteiger partial charge in [0.05, 0.1) is 12.2 Å². The standard InChI is InChI=1S/C13H27NO2/c1-11(2)16-10-6-5-9-14-12-7-3-4-8-13(12)15/h11-15H,3-10H2,1-2H3/t12-,13-/m1/s1. The average Bonchev–Trinajstić information content (AvgIpc) is 2.25. The van der Waals surface area contributed by atoms with Gasteiger partial charge in [-0.1, -0.05) is 12.8 Å². The van der Waals surface area contributed by atoms with Gasteiger partial charge in [0.1, 0.15) is 0 Å². The highest BCUT2D eigenvalue weighted by molar-refractivity contribution is 4.79. The van der Waals surface area contributed by atoms with Crippen molar-refractivity contribution >= 4 is 0 Å². The minimum atomic E-state index is -0.124. The van der Waals surface area contributed by atoms with Crippen molar-refractivity contribution in [2.24, 2.45) is 0 Å². The van der Waals surface area contributed by atoms with Gasteiger partial charge in [-0.25, -0.2) is 0 Å². The quantitative estimate of drug-likeness (QED) is 0.657. The van der Waals surface area contributed by atoms with Gasteiger partial charge in [0.2, 0.25) is 0 Å². The Morgan fingerprint density at radius 3 is 2.69 bits per heavy atom. The van der Waals surface area contributed by atoms with Gasteiger partial charge in [0.15, 0.2) is 0 Å². The van der Waals surface area contributed by atoms with Gasteiger partial charge in [0, 0.05) is 12.6 Å². The molecule has 96 valence electrons. The molecule has 2 atom stereocenters. The van der Waals surface area contributed by atoms with Gasteiger partial charge in [0.25, 0.3) is 0 Å². The van der Waals surface area contributed by atoms with E-state index in [0.717, 1.165) is 38.8 Å². The number of ether oxygens (including phenoxy) is 1. The second kappa shape index (κ2) is 8.04. The minimum absolute atomic E-state index is 0.124. The molecule has 2 N–H and O–H groups in total. The highest BCUT2D eigenvalue weighted by atomic mass is 16.5. The third-order valence-electron chi connectivity index (χ3n) is 3.16. The first-order valence-electron chi connectivity index (χ1n) is 6.73. The van der Waals surface area contributed by atoms with E-state index in [1.165, 1.54) is 12.8 Å². The molecule has 0 heterocycles. The SMILES string of the molecule is CC(C)OCCCCN[C@@H]1CCCC[C@H]1O. The van der Waals surface area contributed by atoms with Crippen molar-refractivity contribution in [2.45, 2.75) is 70.6 Å². The zero-order valence-electron chi connectivity index (χ0n) is 10.7. The largest absolute Gasteiger partial charge is 0.392 e. The fraction of sp³-hybridized carbons (Fsp3) is 1.00. The lowest BCUT2D eigenvalue weighted by molar-refractivity contribution is 0.0736. The summed E-state index contributed by atoms with van der Waals surface area (Å²) >= 11 is 0. The molecule has 1 aliphatic carbocycles. The summed E-state index contributed by atoms with van der Waals surface area (Å²) in [5.74, 6) is 0. The Kier molecular flexibility index (Phi) is 7.01. The van der Waals surface area contributed by atoms with Crippen LogP contribution in [0.2, 0.25) is 0 Å². The van der Waals surface area contributed by atoms with E-state index < -0.39 is 0 Å². The van der Waals surface area contributed by atoms with Gasteiger partial charge in [-0.2, -0.15) is 0 Å². The molecule has 0 aromatic heterocycles. The summed E-state index contributed by atoms with van der Waals surface area (Å²) in [5, 5.41) is 13.2. The Morgan fingerprint density at radius 1 is 1.25 bits per heavy atom. The lowest BCUT2D eigenvalue weighted by atomic mass is 9.92. The van der Waals surface area contributed by atoms with Crippen molar-refractivity contribution in [1.29, 1.82) is 0 Å². The molecule has 0 radical (unpaired) electrons. The Labute approximate surface area is 99.6 Å². The fourth-order valence-corrected chi connectivity index (χ4v) is 2.18. The first-order valence-corrected chi connectivity index (χ1v) is 6.73. The smallest absolute Gasteiger partial charge is 0.0693 e. The highest BCUT2D eigenvalue weighted by Gasteiger charge is 2.21. The number of nitrogens with one attached hydrogen (secondary N) is 1. The van der Waals surface area contributed by atoms with Gasteiger partial charge in [-0.05, 0) is 46.1 Å². The maximum atomic E-state index is 9.76. The van der Waals surface area contributed by atoms with Crippen LogP contribution < -0.4 is 5.32 Å². The molecule has 0 bridgehead atoms. The van der Waals surface area contributed by atoms with Crippen LogP contribution in [0.5, 0.6) is 0 Å². The van der Waals surface area contributed by atoms with E-state index in [-0.39, 0.29) is 6.10 Å². The van der Waals surface area contributed by atoms with Gasteiger partial charge < -0.3 is 15.2 Å². The third kappa shape index (κ3) is 5.83. The van der Waals surface area contributed by atoms with Crippen LogP contribution in [0.15, 0.2) is 0 Å². The van der Waals surface area contributed by atoms with E-state index in [0.29, 0.717) is 12.1 Å². The number of hydrogen-bond donors (Lipinski definition) is 2. The first kappa shape index (κ1) is 13.9. The maximum Gasteiger partial charge on any atom is 0.0693 e. The molecule has 0 unspecified atom stereocenters. The number of hydrogen-bond acceptors (Lipinski definition) is 3. The summed E-state index contributed by atoms with van der Waals surface area (Å²) in [5.41, 5.74) is 0. The van der Waals surface area contributed by atoms with Crippen LogP contribution in [0.4, 0.5) is 0 Å². The highest BCUT2D eigenvalue weighted by Crippen LogP contribution is 2.18. The molecule has 3 heteroatoms. The Hall–Kier alpha value is -0.120. The molecule has 0 spiro atoms. The van der Waals surface area contributed by atoms with Crippen molar-refractivity contribution in [3.05, 3.63) is 0 Å². The number of unbranched alkanes of at least 4 members (excludes halogenated alkanes) is 1. The van der Waals surface area contributed by atoms with Gasteiger partial charge in [-0.3, -0.25) is 0 Å². The normalized spacial score (nSPS) is 26.2. The molecule has 1 aliphatic rings. The van der Waals surface area contributed by atoms with Crippen molar-refractivity contribution in [3.8, 4) is 0 Å². The zero-order chi connectivity index (χ0) is 11.8. The summed E-state index contributed by atoms with van der Waals surface area (Å²) in [6.45, 7) is 5.99. The molecule has 0 aromatic rings. The monoisotopic (exact) mass is 229 g/mol. The van der Waals surface area contributed by atoms with E-state index in [9.17, 15) is 5.11 Å². The lowest BCUT2D eigenvalue weighted by Gasteiger charge is -2.28. The molecule has 1 saturated carbocycles. The predicted octanol–water partition coefficient (Wildman–Crippen LogP) is 2.08. The van der Waals surface area contributed by atoms with Crippen molar-refractivity contribution < 1.29 is 9.84 Å². The summed E-state index contributed by atoms with van der Waals surface area (Å²) < 4.78 is 5.48. The zero-order valence-corrected chi connectivity index (χ0v) is 10.7. The van der Waals surface area contributed by atoms with Gasteiger partial charge in [-0.15, -0.1) is 0 Å². The van der Waals surface area contributed by atoms with E-state index in [4.69, 9.17) is 4.74 Å². The van der Waals surface area contributed by atoms with Crippen LogP contribution in [0.3, 0.4) is 0 Å². The van der Waals surface area contributed by atoms with Crippen LogP contribution in [-0.4, -0.2) is 36.5 Å². The summed E-state index contributed by atoms with van der Waals surface area (Å²) in [4.78, 5) is 0. The topological polar surface area (TPSA) is 41.5 Å². The molecule has 0 saturated heterocycles. The second-order valence-corrected chi connectivity index (χ2v) is 5.04. The molecule has 16 heavy (non-hydrogen) atoms. The average molecular weight is 229 g/mol. The molecule has 0 aliphatic heterocycles. The summed E-state index contributed by atoms with van der Waals surface area (Å²) in [6.07, 6.45) is 6.99. The Morgan fingerprint density at radius 2 is 2.00 bits per heavy atom. The van der Waals surface area contributed by atoms with Crippen molar-refractivity contribution in [3.63, 3.8) is 0 Å². The first-order chi connectivity index (χ1) is 7.70. The minimum Gasteiger partial charge on any atom is -0.392 e. The molecular formula is C13H27NO2. The second-order valence-electron chi connectivity index (χ2n) is 5.04. The van der Waals surface area contributed by atoms with Crippen LogP contribution in [-0.2, 0) is 4.74 Å². The van der Waals surface area contributed by atoms with Crippen molar-refractivity contribution in [1.82, 2.24) is 5.32 Å². The van der Waals surface area contributed by atoms with Crippen LogP contribution in [0.1, 0.15) is 52.4 Å². The Balaban J connectivity index is 1.94. The predicted molar refractivity (Wildman–Crippen MR) is 66.6 cm³/mol. The Bertz CT molecular complexity index is 173. The number of rotatable bonds is 7. The summed E-state index contributed by atoms with van der Waals surface area (Å²) in [7, 11) is 0. The summed E-state index contributed by atoms with van der Waals surface area (Å²) in [6, 6.07) is 0.333. The molecule has 1 fully saturated rings. The number of aliphatic hydroxyl groups is 1. The van der Waals surface area contributed by atoms with Gasteiger partial charge >= 0.3 is 0 Å². The third-order valence-corrected chi connectivity index (χ3v) is 3.16. The van der Waals surface area contributed by atoms with E-state index in [1.54, 1.807) is 0 Å². The van der Waals surface area contributed by atoms with Crippen LogP contribution >= 0.6 is 0 Å². The van der Waals surface area contributed by atoms with Crippen LogP contribution in [0.25, 0.3) is 0 Å². The fourth-order valence-electron chi connectivity index (χ4n) is 2.18. The molecular weight excluding hydrogens is 202 g/mol. The molecule has 3 nitrogen and oxygen atoms in total. The van der Waals surface area contributed by atoms with E-state index in [1.807, 2.05) is 0 Å². The number of aliphatic hydroxyl groups excluding tert-OH is 1. The van der Waals surface area contributed by atoms with Crippen LogP contribution in [0, 0.1) is 0 Å². The van der Waals surface area contributed by atoms with E-state index in [2.05, 4.69) is 19.2 Å². The lowest BCUT2D eigenvalue weighted by Crippen LogP contribution is -2.42. The molecule has 0 aromatic carbocycles. The molecule has 1 rings (SSSR count). The maximum absolute atomic E-state index is 9.76. The van der Waals surface area contributed by atoms with E-state index >= 15 is 0 Å². The van der Waals surface area contributed by atoms with Crippen molar-refractivity contribution in [2.75, 3.05) is 13.2 Å².